The molecule has 1 aliphatic carbocycles. The molecule has 4 nitrogen and oxygen atoms in total. The number of piperidine rings is 1. The molecule has 2 heterocycles. The molecule has 1 unspecified atom stereocenters. The third-order valence-corrected chi connectivity index (χ3v) is 5.54. The van der Waals surface area contributed by atoms with Gasteiger partial charge in [0.25, 0.3) is 0 Å². The molecule has 0 bridgehead atoms. The Balaban J connectivity index is 1.29. The van der Waals surface area contributed by atoms with Crippen molar-refractivity contribution in [3.8, 4) is 0 Å². The van der Waals surface area contributed by atoms with Crippen LogP contribution in [-0.2, 0) is 11.2 Å². The number of amides is 1. The Hall–Kier alpha value is -2.36. The van der Waals surface area contributed by atoms with Gasteiger partial charge in [0.15, 0.2) is 0 Å². The van der Waals surface area contributed by atoms with Crippen molar-refractivity contribution in [3.05, 3.63) is 59.8 Å². The summed E-state index contributed by atoms with van der Waals surface area (Å²) in [7, 11) is 0. The molecule has 0 spiro atoms. The van der Waals surface area contributed by atoms with E-state index in [4.69, 9.17) is 0 Å². The minimum absolute atomic E-state index is 0.318. The van der Waals surface area contributed by atoms with Crippen LogP contribution in [0.2, 0.25) is 0 Å². The second kappa shape index (κ2) is 7.26. The summed E-state index contributed by atoms with van der Waals surface area (Å²) < 4.78 is 0. The van der Waals surface area contributed by atoms with Crippen LogP contribution < -0.4 is 5.32 Å². The van der Waals surface area contributed by atoms with Crippen LogP contribution in [0.25, 0.3) is 0 Å². The van der Waals surface area contributed by atoms with Crippen molar-refractivity contribution < 1.29 is 4.79 Å². The van der Waals surface area contributed by atoms with Gasteiger partial charge in [-0.15, -0.1) is 0 Å². The first-order valence-corrected chi connectivity index (χ1v) is 9.33. The monoisotopic (exact) mass is 335 g/mol. The minimum atomic E-state index is 0.318. The van der Waals surface area contributed by atoms with Crippen LogP contribution in [0.3, 0.4) is 0 Å². The Morgan fingerprint density at radius 1 is 1.08 bits per heavy atom. The third kappa shape index (κ3) is 3.68. The Bertz CT molecular complexity index is 723. The quantitative estimate of drug-likeness (QED) is 0.928. The first kappa shape index (κ1) is 16.1. The van der Waals surface area contributed by atoms with E-state index in [1.165, 1.54) is 11.1 Å². The zero-order valence-corrected chi connectivity index (χ0v) is 14.5. The average molecular weight is 335 g/mol. The standard InChI is InChI=1S/C21H25N3O/c25-21(15-17-9-8-16-5-1-2-6-19(16)17)24-13-10-18(11-14-24)23-20-7-3-4-12-22-20/h1-7,12,17-18H,8-11,13-15H2,(H,22,23). The van der Waals surface area contributed by atoms with Crippen LogP contribution in [0.1, 0.15) is 42.7 Å². The predicted octanol–water partition coefficient (Wildman–Crippen LogP) is 3.60. The van der Waals surface area contributed by atoms with Crippen LogP contribution in [0.5, 0.6) is 0 Å². The van der Waals surface area contributed by atoms with E-state index in [9.17, 15) is 4.79 Å². The molecule has 0 saturated carbocycles. The van der Waals surface area contributed by atoms with Gasteiger partial charge in [-0.05, 0) is 54.9 Å². The molecule has 4 heteroatoms. The maximum Gasteiger partial charge on any atom is 0.223 e. The number of nitrogens with one attached hydrogen (secondary N) is 1. The van der Waals surface area contributed by atoms with Gasteiger partial charge in [-0.2, -0.15) is 0 Å². The number of fused-ring (bicyclic) bond motifs is 1. The normalized spacial score (nSPS) is 20.3. The van der Waals surface area contributed by atoms with Crippen LogP contribution in [0, 0.1) is 0 Å². The number of nitrogens with zero attached hydrogens (tertiary/aromatic N) is 2. The highest BCUT2D eigenvalue weighted by Crippen LogP contribution is 2.35. The van der Waals surface area contributed by atoms with Crippen molar-refractivity contribution in [1.29, 1.82) is 0 Å². The Kier molecular flexibility index (Phi) is 4.68. The number of likely N-dealkylation sites (tertiary alicyclic amines) is 1. The fourth-order valence-electron chi connectivity index (χ4n) is 4.13. The van der Waals surface area contributed by atoms with E-state index in [-0.39, 0.29) is 0 Å². The second-order valence-electron chi connectivity index (χ2n) is 7.15. The Labute approximate surface area is 149 Å². The number of aromatic nitrogens is 1. The summed E-state index contributed by atoms with van der Waals surface area (Å²) in [6, 6.07) is 14.9. The third-order valence-electron chi connectivity index (χ3n) is 5.54. The summed E-state index contributed by atoms with van der Waals surface area (Å²) in [4.78, 5) is 19.1. The lowest BCUT2D eigenvalue weighted by Crippen LogP contribution is -2.42. The smallest absolute Gasteiger partial charge is 0.223 e. The van der Waals surface area contributed by atoms with Crippen LogP contribution in [0.4, 0.5) is 5.82 Å². The van der Waals surface area contributed by atoms with Gasteiger partial charge in [-0.25, -0.2) is 4.98 Å². The number of hydrogen-bond acceptors (Lipinski definition) is 3. The van der Waals surface area contributed by atoms with E-state index in [0.717, 1.165) is 44.6 Å². The van der Waals surface area contributed by atoms with Crippen LogP contribution in [-0.4, -0.2) is 34.9 Å². The molecule has 1 N–H and O–H groups in total. The molecule has 25 heavy (non-hydrogen) atoms. The first-order chi connectivity index (χ1) is 12.3. The molecule has 1 aliphatic heterocycles. The van der Waals surface area contributed by atoms with Crippen molar-refractivity contribution in [2.75, 3.05) is 18.4 Å². The van der Waals surface area contributed by atoms with Gasteiger partial charge in [0.1, 0.15) is 5.82 Å². The van der Waals surface area contributed by atoms with E-state index in [1.54, 1.807) is 6.20 Å². The lowest BCUT2D eigenvalue weighted by atomic mass is 9.96. The van der Waals surface area contributed by atoms with Crippen molar-refractivity contribution >= 4 is 11.7 Å². The fourth-order valence-corrected chi connectivity index (χ4v) is 4.13. The lowest BCUT2D eigenvalue weighted by molar-refractivity contribution is -0.132. The molecule has 1 atom stereocenters. The Morgan fingerprint density at radius 3 is 2.68 bits per heavy atom. The van der Waals surface area contributed by atoms with Crippen molar-refractivity contribution in [1.82, 2.24) is 9.88 Å². The van der Waals surface area contributed by atoms with Crippen LogP contribution >= 0.6 is 0 Å². The van der Waals surface area contributed by atoms with Crippen molar-refractivity contribution in [2.45, 2.75) is 44.1 Å². The van der Waals surface area contributed by atoms with Gasteiger partial charge >= 0.3 is 0 Å². The number of carbonyl (C=O) groups excluding carboxylic acids is 1. The number of hydrogen-bond donors (Lipinski definition) is 1. The molecule has 1 aromatic carbocycles. The summed E-state index contributed by atoms with van der Waals surface area (Å²) in [5, 5.41) is 3.48. The van der Waals surface area contributed by atoms with Gasteiger partial charge in [-0.3, -0.25) is 4.79 Å². The molecule has 2 aromatic rings. The molecule has 1 aromatic heterocycles. The highest BCUT2D eigenvalue weighted by molar-refractivity contribution is 5.77. The minimum Gasteiger partial charge on any atom is -0.367 e. The maximum absolute atomic E-state index is 12.7. The molecular formula is C21H25N3O. The number of benzene rings is 1. The lowest BCUT2D eigenvalue weighted by Gasteiger charge is -2.33. The predicted molar refractivity (Wildman–Crippen MR) is 99.6 cm³/mol. The summed E-state index contributed by atoms with van der Waals surface area (Å²) in [6.45, 7) is 1.69. The van der Waals surface area contributed by atoms with E-state index in [2.05, 4.69) is 39.5 Å². The number of anilines is 1. The van der Waals surface area contributed by atoms with E-state index in [1.807, 2.05) is 18.2 Å². The zero-order chi connectivity index (χ0) is 17.1. The molecule has 130 valence electrons. The summed E-state index contributed by atoms with van der Waals surface area (Å²) >= 11 is 0. The maximum atomic E-state index is 12.7. The summed E-state index contributed by atoms with van der Waals surface area (Å²) in [6.07, 6.45) is 6.68. The van der Waals surface area contributed by atoms with E-state index < -0.39 is 0 Å². The number of pyridine rings is 1. The molecule has 1 amide bonds. The van der Waals surface area contributed by atoms with Crippen molar-refractivity contribution in [3.63, 3.8) is 0 Å². The highest BCUT2D eigenvalue weighted by atomic mass is 16.2. The van der Waals surface area contributed by atoms with E-state index in [0.29, 0.717) is 24.3 Å². The summed E-state index contributed by atoms with van der Waals surface area (Å²) in [5.74, 6) is 1.65. The van der Waals surface area contributed by atoms with Crippen LogP contribution in [0.15, 0.2) is 48.7 Å². The Morgan fingerprint density at radius 2 is 1.88 bits per heavy atom. The van der Waals surface area contributed by atoms with Crippen molar-refractivity contribution in [2.24, 2.45) is 0 Å². The fraction of sp³-hybridized carbons (Fsp3) is 0.429. The largest absolute Gasteiger partial charge is 0.367 e. The summed E-state index contributed by atoms with van der Waals surface area (Å²) in [5.41, 5.74) is 2.82. The highest BCUT2D eigenvalue weighted by Gasteiger charge is 2.28. The number of rotatable bonds is 4. The van der Waals surface area contributed by atoms with Gasteiger partial charge in [0.2, 0.25) is 5.91 Å². The SMILES string of the molecule is O=C(CC1CCc2ccccc21)N1CCC(Nc2ccccn2)CC1. The van der Waals surface area contributed by atoms with Gasteiger partial charge in [-0.1, -0.05) is 30.3 Å². The molecule has 2 aliphatic rings. The van der Waals surface area contributed by atoms with Gasteiger partial charge in [0.05, 0.1) is 0 Å². The second-order valence-corrected chi connectivity index (χ2v) is 7.15. The van der Waals surface area contributed by atoms with Gasteiger partial charge in [0, 0.05) is 31.7 Å². The molecule has 4 rings (SSSR count). The molecule has 0 radical (unpaired) electrons. The zero-order valence-electron chi connectivity index (χ0n) is 14.5. The number of aryl methyl sites for hydroxylation is 1. The van der Waals surface area contributed by atoms with E-state index >= 15 is 0 Å². The molecule has 1 saturated heterocycles. The topological polar surface area (TPSA) is 45.2 Å². The van der Waals surface area contributed by atoms with Gasteiger partial charge < -0.3 is 10.2 Å². The molecule has 1 fully saturated rings. The average Bonchev–Trinajstić information content (AvgIpc) is 3.06. The molecular weight excluding hydrogens is 310 g/mol. The number of carbonyl (C=O) groups is 1. The first-order valence-electron chi connectivity index (χ1n) is 9.33.